The first-order valence-electron chi connectivity index (χ1n) is 0.993. The number of primary amides is 1. The first-order valence-corrected chi connectivity index (χ1v) is 0.993. The Kier molecular flexibility index (Phi) is 7.60. The summed E-state index contributed by atoms with van der Waals surface area (Å²) in [6.45, 7) is 1.31. The van der Waals surface area contributed by atoms with Crippen LogP contribution in [0.15, 0.2) is 0 Å². The van der Waals surface area contributed by atoms with Crippen LogP contribution in [0.1, 0.15) is 6.92 Å². The standard InChI is InChI=1S/C2H5NO.Mg.2H/c1-2(3)4;;;/h1H3,(H2,3,4);;;. The lowest BCUT2D eigenvalue weighted by atomic mass is 10.8. The van der Waals surface area contributed by atoms with Crippen molar-refractivity contribution in [2.45, 2.75) is 6.92 Å². The Morgan fingerprint density at radius 1 is 1.80 bits per heavy atom. The number of hydrogen-bond acceptors (Lipinski definition) is 1. The zero-order chi connectivity index (χ0) is 3.58. The second-order valence-electron chi connectivity index (χ2n) is 0.611. The smallest absolute Gasteiger partial charge is 0.316 e. The number of carbonyl (C=O) groups excluding carboxylic acids is 1. The Morgan fingerprint density at radius 3 is 1.80 bits per heavy atom. The van der Waals surface area contributed by atoms with Gasteiger partial charge in [0, 0.05) is 6.92 Å². The third-order valence-corrected chi connectivity index (χ3v) is 0. The van der Waals surface area contributed by atoms with Gasteiger partial charge in [-0.15, -0.1) is 0 Å². The van der Waals surface area contributed by atoms with E-state index in [9.17, 15) is 4.79 Å². The van der Waals surface area contributed by atoms with Gasteiger partial charge in [0.2, 0.25) is 5.91 Å². The molecular weight excluding hydrogens is 78.3 g/mol. The molecule has 0 aromatic heterocycles. The molecule has 2 nitrogen and oxygen atoms in total. The van der Waals surface area contributed by atoms with Crippen LogP contribution in [-0.2, 0) is 4.79 Å². The molecule has 28 valence electrons. The van der Waals surface area contributed by atoms with Crippen molar-refractivity contribution < 1.29 is 4.79 Å². The van der Waals surface area contributed by atoms with Gasteiger partial charge in [-0.2, -0.15) is 0 Å². The van der Waals surface area contributed by atoms with Crippen molar-refractivity contribution in [3.05, 3.63) is 0 Å². The normalized spacial score (nSPS) is 5.00. The number of nitrogens with two attached hydrogens (primary N) is 1. The minimum Gasteiger partial charge on any atom is -0.370 e. The second kappa shape index (κ2) is 4.24. The highest BCUT2D eigenvalue weighted by atomic mass is 24.3. The minimum absolute atomic E-state index is 0. The molecule has 0 aliphatic rings. The molecule has 0 rings (SSSR count). The molecule has 3 heteroatoms. The fourth-order valence-corrected chi connectivity index (χ4v) is 0. The van der Waals surface area contributed by atoms with Gasteiger partial charge in [-0.1, -0.05) is 0 Å². The average molecular weight is 85.4 g/mol. The van der Waals surface area contributed by atoms with Gasteiger partial charge < -0.3 is 5.73 Å². The fourth-order valence-electron chi connectivity index (χ4n) is 0. The summed E-state index contributed by atoms with van der Waals surface area (Å²) in [6, 6.07) is 0. The second-order valence-corrected chi connectivity index (χ2v) is 0.611. The van der Waals surface area contributed by atoms with Gasteiger partial charge in [0.25, 0.3) is 0 Å². The molecule has 0 radical (unpaired) electrons. The molecule has 0 spiro atoms. The van der Waals surface area contributed by atoms with Crippen molar-refractivity contribution in [2.24, 2.45) is 5.73 Å². The van der Waals surface area contributed by atoms with Crippen LogP contribution in [0.5, 0.6) is 0 Å². The molecule has 0 atom stereocenters. The molecular formula is C2H7MgNO. The molecule has 2 N–H and O–H groups in total. The van der Waals surface area contributed by atoms with E-state index >= 15 is 0 Å². The van der Waals surface area contributed by atoms with Crippen LogP contribution in [0.2, 0.25) is 0 Å². The molecule has 5 heavy (non-hydrogen) atoms. The van der Waals surface area contributed by atoms with Crippen molar-refractivity contribution in [3.8, 4) is 0 Å². The van der Waals surface area contributed by atoms with Gasteiger partial charge >= 0.3 is 23.1 Å². The summed E-state index contributed by atoms with van der Waals surface area (Å²) in [7, 11) is 0. The van der Waals surface area contributed by atoms with Gasteiger partial charge in [-0.05, 0) is 0 Å². The van der Waals surface area contributed by atoms with Crippen molar-refractivity contribution in [1.82, 2.24) is 0 Å². The van der Waals surface area contributed by atoms with Gasteiger partial charge in [0.05, 0.1) is 0 Å². The SMILES string of the molecule is CC(N)=O.[MgH2]. The lowest BCUT2D eigenvalue weighted by Crippen LogP contribution is -2.01. The van der Waals surface area contributed by atoms with E-state index < -0.39 is 0 Å². The molecule has 0 aromatic carbocycles. The zero-order valence-corrected chi connectivity index (χ0v) is 2.49. The minimum atomic E-state index is -0.333. The molecule has 0 aliphatic carbocycles. The van der Waals surface area contributed by atoms with Crippen LogP contribution in [0.3, 0.4) is 0 Å². The Morgan fingerprint density at radius 2 is 1.80 bits per heavy atom. The molecule has 0 heterocycles. The number of rotatable bonds is 0. The van der Waals surface area contributed by atoms with Crippen LogP contribution in [0.25, 0.3) is 0 Å². The van der Waals surface area contributed by atoms with Crippen molar-refractivity contribution >= 4 is 29.0 Å². The van der Waals surface area contributed by atoms with E-state index in [0.717, 1.165) is 0 Å². The van der Waals surface area contributed by atoms with Gasteiger partial charge in [-0.3, -0.25) is 4.79 Å². The first-order chi connectivity index (χ1) is 1.73. The number of carbonyl (C=O) groups is 1. The molecule has 0 fully saturated rings. The quantitative estimate of drug-likeness (QED) is 0.360. The molecule has 0 saturated heterocycles. The third kappa shape index (κ3) is 380. The van der Waals surface area contributed by atoms with E-state index in [0.29, 0.717) is 0 Å². The van der Waals surface area contributed by atoms with E-state index in [1.54, 1.807) is 0 Å². The molecule has 0 aliphatic heterocycles. The summed E-state index contributed by atoms with van der Waals surface area (Å²) >= 11 is 0. The van der Waals surface area contributed by atoms with Crippen LogP contribution >= 0.6 is 0 Å². The Hall–Kier alpha value is 0.236. The summed E-state index contributed by atoms with van der Waals surface area (Å²) < 4.78 is 0. The van der Waals surface area contributed by atoms with E-state index in [1.807, 2.05) is 0 Å². The van der Waals surface area contributed by atoms with Gasteiger partial charge in [-0.25, -0.2) is 0 Å². The molecule has 0 bridgehead atoms. The lowest BCUT2D eigenvalue weighted by Gasteiger charge is -1.60. The van der Waals surface area contributed by atoms with E-state index in [-0.39, 0.29) is 29.0 Å². The maximum Gasteiger partial charge on any atom is 0.316 e. The maximum absolute atomic E-state index is 9.22. The van der Waals surface area contributed by atoms with E-state index in [2.05, 4.69) is 5.73 Å². The summed E-state index contributed by atoms with van der Waals surface area (Å²) in [5.74, 6) is -0.333. The Balaban J connectivity index is 0. The van der Waals surface area contributed by atoms with Crippen molar-refractivity contribution in [1.29, 1.82) is 0 Å². The highest BCUT2D eigenvalue weighted by Gasteiger charge is 1.61. The van der Waals surface area contributed by atoms with E-state index in [1.165, 1.54) is 6.92 Å². The van der Waals surface area contributed by atoms with Crippen LogP contribution in [-0.4, -0.2) is 29.0 Å². The monoisotopic (exact) mass is 85.0 g/mol. The zero-order valence-electron chi connectivity index (χ0n) is 2.49. The summed E-state index contributed by atoms with van der Waals surface area (Å²) in [4.78, 5) is 9.22. The third-order valence-electron chi connectivity index (χ3n) is 0. The number of hydrogen-bond donors (Lipinski definition) is 1. The van der Waals surface area contributed by atoms with Crippen molar-refractivity contribution in [2.75, 3.05) is 0 Å². The van der Waals surface area contributed by atoms with Gasteiger partial charge in [0.15, 0.2) is 0 Å². The molecule has 0 saturated carbocycles. The molecule has 0 unspecified atom stereocenters. The lowest BCUT2D eigenvalue weighted by molar-refractivity contribution is -0.115. The Labute approximate surface area is 46.9 Å². The summed E-state index contributed by atoms with van der Waals surface area (Å²) in [5, 5.41) is 0. The Bertz CT molecular complexity index is 32.6. The predicted octanol–water partition coefficient (Wildman–Crippen LogP) is -1.42. The molecule has 0 aromatic rings. The topological polar surface area (TPSA) is 43.1 Å². The highest BCUT2D eigenvalue weighted by Crippen LogP contribution is 1.33. The summed E-state index contributed by atoms with van der Waals surface area (Å²) in [5.41, 5.74) is 4.47. The highest BCUT2D eigenvalue weighted by molar-refractivity contribution is 5.75. The predicted molar refractivity (Wildman–Crippen MR) is 23.4 cm³/mol. The fraction of sp³-hybridized carbons (Fsp3) is 0.500. The largest absolute Gasteiger partial charge is 0.370 e. The van der Waals surface area contributed by atoms with E-state index in [4.69, 9.17) is 0 Å². The maximum atomic E-state index is 9.22. The van der Waals surface area contributed by atoms with Crippen LogP contribution in [0.4, 0.5) is 0 Å². The van der Waals surface area contributed by atoms with Gasteiger partial charge in [0.1, 0.15) is 0 Å². The molecule has 1 amide bonds. The summed E-state index contributed by atoms with van der Waals surface area (Å²) in [6.07, 6.45) is 0. The first kappa shape index (κ1) is 8.97. The average Bonchev–Trinajstić information content (AvgIpc) is 0.811. The van der Waals surface area contributed by atoms with Crippen LogP contribution < -0.4 is 5.73 Å². The van der Waals surface area contributed by atoms with Crippen molar-refractivity contribution in [3.63, 3.8) is 0 Å². The number of amides is 1. The van der Waals surface area contributed by atoms with Crippen LogP contribution in [0, 0.1) is 0 Å².